The van der Waals surface area contributed by atoms with Gasteiger partial charge >= 0.3 is 5.97 Å². The maximum atomic E-state index is 15.0. The Balaban J connectivity index is 2.19. The van der Waals surface area contributed by atoms with E-state index in [1.54, 1.807) is 0 Å². The molecule has 1 aromatic rings. The number of aromatic hydroxyl groups is 1. The predicted octanol–water partition coefficient (Wildman–Crippen LogP) is 8.89. The summed E-state index contributed by atoms with van der Waals surface area (Å²) in [4.78, 5) is 19.8. The molecule has 0 spiro atoms. The van der Waals surface area contributed by atoms with E-state index in [0.717, 1.165) is 42.4 Å². The summed E-state index contributed by atoms with van der Waals surface area (Å²) in [5.41, 5.74) is -0.0750. The molecule has 3 rings (SSSR count). The lowest BCUT2D eigenvalue weighted by Gasteiger charge is -2.54. The molecule has 49 heavy (non-hydrogen) atoms. The fourth-order valence-electron chi connectivity index (χ4n) is 8.69. The topological polar surface area (TPSA) is 82.5 Å². The first kappa shape index (κ1) is 41.7. The minimum absolute atomic E-state index is 0.149. The molecular formula is C42H74N2O5. The summed E-state index contributed by atoms with van der Waals surface area (Å²) in [6, 6.07) is 4.07. The van der Waals surface area contributed by atoms with Crippen LogP contribution in [0.5, 0.6) is 5.75 Å². The number of aliphatic hydroxyl groups excluding tert-OH is 1. The Hall–Kier alpha value is -1.67. The SMILES string of the molecule is CCCCC(Cc1cc(C(C)(C)C)c(O)c(C(C)(C)C)c1)(C(=O)OC1CC(C)(C)N(C)C(C)(C)C1)C(O)OC1CC(C)(C)N(C)C(C)(C)C1. The van der Waals surface area contributed by atoms with Crippen molar-refractivity contribution in [2.24, 2.45) is 5.41 Å². The van der Waals surface area contributed by atoms with E-state index < -0.39 is 11.7 Å². The van der Waals surface area contributed by atoms with Gasteiger partial charge < -0.3 is 19.7 Å². The van der Waals surface area contributed by atoms with Gasteiger partial charge in [0.1, 0.15) is 17.3 Å². The van der Waals surface area contributed by atoms with E-state index in [4.69, 9.17) is 9.47 Å². The van der Waals surface area contributed by atoms with Gasteiger partial charge in [-0.1, -0.05) is 73.4 Å². The van der Waals surface area contributed by atoms with Crippen LogP contribution in [-0.2, 0) is 31.5 Å². The zero-order chi connectivity index (χ0) is 37.8. The van der Waals surface area contributed by atoms with E-state index in [1.807, 2.05) is 12.1 Å². The summed E-state index contributed by atoms with van der Waals surface area (Å²) >= 11 is 0. The van der Waals surface area contributed by atoms with Gasteiger partial charge in [-0.2, -0.15) is 0 Å². The molecule has 2 fully saturated rings. The predicted molar refractivity (Wildman–Crippen MR) is 202 cm³/mol. The molecule has 0 bridgehead atoms. The van der Waals surface area contributed by atoms with E-state index in [9.17, 15) is 10.2 Å². The van der Waals surface area contributed by atoms with E-state index in [0.29, 0.717) is 25.0 Å². The molecule has 2 heterocycles. The highest BCUT2D eigenvalue weighted by Gasteiger charge is 2.53. The Kier molecular flexibility index (Phi) is 12.0. The van der Waals surface area contributed by atoms with Crippen molar-refractivity contribution in [2.75, 3.05) is 14.1 Å². The zero-order valence-electron chi connectivity index (χ0n) is 34.6. The molecule has 2 saturated heterocycles. The number of carbonyl (C=O) groups is 1. The second kappa shape index (κ2) is 14.0. The number of carbonyl (C=O) groups excluding carboxylic acids is 1. The van der Waals surface area contributed by atoms with Gasteiger partial charge in [0, 0.05) is 35.0 Å². The second-order valence-electron chi connectivity index (χ2n) is 20.3. The molecule has 0 saturated carbocycles. The smallest absolute Gasteiger partial charge is 0.317 e. The fraction of sp³-hybridized carbons (Fsp3) is 0.833. The zero-order valence-corrected chi connectivity index (χ0v) is 34.6. The number of benzene rings is 1. The number of aliphatic hydroxyl groups is 1. The molecular weight excluding hydrogens is 612 g/mol. The van der Waals surface area contributed by atoms with Crippen LogP contribution in [-0.4, -0.2) is 80.7 Å². The van der Waals surface area contributed by atoms with Gasteiger partial charge in [-0.25, -0.2) is 0 Å². The van der Waals surface area contributed by atoms with Gasteiger partial charge in [0.05, 0.1) is 6.10 Å². The number of ether oxygens (including phenoxy) is 2. The number of nitrogens with zero attached hydrogens (tertiary/aromatic N) is 2. The van der Waals surface area contributed by atoms with Crippen LogP contribution in [0.2, 0.25) is 0 Å². The third kappa shape index (κ3) is 9.04. The van der Waals surface area contributed by atoms with Crippen LogP contribution in [0.4, 0.5) is 0 Å². The Morgan fingerprint density at radius 3 is 1.55 bits per heavy atom. The van der Waals surface area contributed by atoms with E-state index >= 15 is 4.79 Å². The van der Waals surface area contributed by atoms with Crippen molar-refractivity contribution in [3.8, 4) is 5.75 Å². The standard InChI is InChI=1S/C42H74N2O5/c1-18-19-20-42(34(46)48-29-24-38(8,9)43(16)39(10,11)25-29,35(47)49-30-26-40(12,13)44(17)41(14,15)27-30)23-28-21-31(36(2,3)4)33(45)32(22-28)37(5,6)7/h21-22,29-30,34,45-46H,18-20,23-27H2,1-17H3. The Morgan fingerprint density at radius 1 is 0.796 bits per heavy atom. The molecule has 2 N–H and O–H groups in total. The van der Waals surface area contributed by atoms with E-state index in [1.165, 1.54) is 0 Å². The van der Waals surface area contributed by atoms with Gasteiger partial charge in [-0.3, -0.25) is 14.6 Å². The first-order chi connectivity index (χ1) is 22.0. The molecule has 0 amide bonds. The molecule has 0 aromatic heterocycles. The lowest BCUT2D eigenvalue weighted by Crippen LogP contribution is -2.62. The molecule has 0 aliphatic carbocycles. The fourth-order valence-corrected chi connectivity index (χ4v) is 8.69. The maximum absolute atomic E-state index is 15.0. The third-order valence-corrected chi connectivity index (χ3v) is 12.3. The summed E-state index contributed by atoms with van der Waals surface area (Å²) in [5.74, 6) is -0.0856. The number of hydrogen-bond donors (Lipinski definition) is 2. The summed E-state index contributed by atoms with van der Waals surface area (Å²) in [5, 5.41) is 24.0. The van der Waals surface area contributed by atoms with Crippen molar-refractivity contribution >= 4 is 5.97 Å². The van der Waals surface area contributed by atoms with Crippen LogP contribution >= 0.6 is 0 Å². The van der Waals surface area contributed by atoms with Crippen LogP contribution in [0.15, 0.2) is 12.1 Å². The largest absolute Gasteiger partial charge is 0.507 e. The number of phenols is 1. The molecule has 7 heteroatoms. The lowest BCUT2D eigenvalue weighted by molar-refractivity contribution is -0.238. The van der Waals surface area contributed by atoms with Crippen LogP contribution in [0.25, 0.3) is 0 Å². The normalized spacial score (nSPS) is 24.0. The number of unbranched alkanes of at least 4 members (excludes halogenated alkanes) is 1. The number of piperidine rings is 2. The third-order valence-electron chi connectivity index (χ3n) is 12.3. The first-order valence-corrected chi connectivity index (χ1v) is 18.9. The Labute approximate surface area is 300 Å². The van der Waals surface area contributed by atoms with Gasteiger partial charge in [0.15, 0.2) is 6.29 Å². The highest BCUT2D eigenvalue weighted by molar-refractivity contribution is 5.78. The summed E-state index contributed by atoms with van der Waals surface area (Å²) in [7, 11) is 4.31. The van der Waals surface area contributed by atoms with Gasteiger partial charge in [0.2, 0.25) is 0 Å². The number of esters is 1. The molecule has 2 unspecified atom stereocenters. The molecule has 7 nitrogen and oxygen atoms in total. The van der Waals surface area contributed by atoms with Gasteiger partial charge in [-0.05, 0) is 123 Å². The van der Waals surface area contributed by atoms with E-state index in [2.05, 4.69) is 128 Å². The second-order valence-corrected chi connectivity index (χ2v) is 20.3. The van der Waals surface area contributed by atoms with Gasteiger partial charge in [-0.15, -0.1) is 0 Å². The van der Waals surface area contributed by atoms with Crippen molar-refractivity contribution in [3.63, 3.8) is 0 Å². The number of rotatable bonds is 10. The van der Waals surface area contributed by atoms with Crippen molar-refractivity contribution in [1.29, 1.82) is 0 Å². The van der Waals surface area contributed by atoms with Crippen LogP contribution in [0.1, 0.15) is 165 Å². The summed E-state index contributed by atoms with van der Waals surface area (Å²) in [6.45, 7) is 32.4. The van der Waals surface area contributed by atoms with Crippen molar-refractivity contribution in [3.05, 3.63) is 28.8 Å². The maximum Gasteiger partial charge on any atom is 0.317 e. The number of phenolic OH excluding ortho intramolecular Hbond substituents is 1. The average Bonchev–Trinajstić information content (AvgIpc) is 2.91. The Morgan fingerprint density at radius 2 is 1.18 bits per heavy atom. The molecule has 2 aliphatic heterocycles. The Bertz CT molecular complexity index is 1250. The molecule has 0 radical (unpaired) electrons. The molecule has 2 atom stereocenters. The number of likely N-dealkylation sites (tertiary alicyclic amines) is 2. The molecule has 282 valence electrons. The minimum atomic E-state index is -1.37. The van der Waals surface area contributed by atoms with Crippen LogP contribution < -0.4 is 0 Å². The van der Waals surface area contributed by atoms with Crippen LogP contribution in [0.3, 0.4) is 0 Å². The number of hydrogen-bond acceptors (Lipinski definition) is 7. The first-order valence-electron chi connectivity index (χ1n) is 18.9. The van der Waals surface area contributed by atoms with Crippen LogP contribution in [0, 0.1) is 5.41 Å². The van der Waals surface area contributed by atoms with Gasteiger partial charge in [0.25, 0.3) is 0 Å². The monoisotopic (exact) mass is 687 g/mol. The lowest BCUT2D eigenvalue weighted by atomic mass is 9.72. The summed E-state index contributed by atoms with van der Waals surface area (Å²) in [6.07, 6.45) is 3.27. The highest BCUT2D eigenvalue weighted by atomic mass is 16.6. The van der Waals surface area contributed by atoms with Crippen molar-refractivity contribution in [2.45, 2.75) is 207 Å². The van der Waals surface area contributed by atoms with E-state index in [-0.39, 0.29) is 57.6 Å². The van der Waals surface area contributed by atoms with Crippen molar-refractivity contribution in [1.82, 2.24) is 9.80 Å². The molecule has 1 aromatic carbocycles. The van der Waals surface area contributed by atoms with Crippen molar-refractivity contribution < 1.29 is 24.5 Å². The highest BCUT2D eigenvalue weighted by Crippen LogP contribution is 2.46. The molecule has 2 aliphatic rings. The quantitative estimate of drug-likeness (QED) is 0.188. The minimum Gasteiger partial charge on any atom is -0.507 e. The summed E-state index contributed by atoms with van der Waals surface area (Å²) < 4.78 is 13.4. The average molecular weight is 687 g/mol.